The Bertz CT molecular complexity index is 2030. The molecule has 0 saturated carbocycles. The summed E-state index contributed by atoms with van der Waals surface area (Å²) in [5, 5.41) is 3.56. The highest BCUT2D eigenvalue weighted by molar-refractivity contribution is 6.20. The number of furan rings is 1. The van der Waals surface area contributed by atoms with Gasteiger partial charge < -0.3 is 4.42 Å². The smallest absolute Gasteiger partial charge is 0.161 e. The van der Waals surface area contributed by atoms with Crippen LogP contribution in [-0.4, -0.2) is 9.97 Å². The first-order valence-corrected chi connectivity index (χ1v) is 11.2. The predicted octanol–water partition coefficient (Wildman–Crippen LogP) is 8.55. The van der Waals surface area contributed by atoms with E-state index in [9.17, 15) is 0 Å². The molecule has 0 unspecified atom stereocenters. The molecule has 168 valence electrons. The van der Waals surface area contributed by atoms with Crippen molar-refractivity contribution in [3.63, 3.8) is 0 Å². The van der Waals surface area contributed by atoms with Gasteiger partial charge in [0, 0.05) is 50.0 Å². The van der Waals surface area contributed by atoms with Crippen molar-refractivity contribution in [1.29, 1.82) is 0 Å². The van der Waals surface area contributed by atoms with E-state index in [1.807, 2.05) is 36.4 Å². The van der Waals surface area contributed by atoms with Gasteiger partial charge in [0.15, 0.2) is 5.58 Å². The molecule has 0 atom stereocenters. The van der Waals surface area contributed by atoms with Crippen LogP contribution in [0.3, 0.4) is 0 Å². The summed E-state index contributed by atoms with van der Waals surface area (Å²) in [6, 6.07) is 18.1. The van der Waals surface area contributed by atoms with Gasteiger partial charge in [-0.05, 0) is 60.2 Å². The number of nitrogens with zero attached hydrogens (tertiary/aromatic N) is 2. The normalized spacial score (nSPS) is 17.0. The van der Waals surface area contributed by atoms with Crippen molar-refractivity contribution in [2.45, 2.75) is 40.8 Å². The standard InChI is InChI=1S/C31H28N2O/c1-18-17-32-27(15-20(18)16-31(3,4)5)26-12-8-11-24-25-14-13-23-22-10-7-6-9-21(22)19(2)33-28(23)30(25)34-29(24)26/h6-15,17H,16H2,1-5H3/i1D3,2D3,16D2. The lowest BCUT2D eigenvalue weighted by atomic mass is 9.86. The zero-order chi connectivity index (χ0) is 30.4. The van der Waals surface area contributed by atoms with E-state index in [4.69, 9.17) is 15.4 Å². The highest BCUT2D eigenvalue weighted by Gasteiger charge is 2.19. The molecule has 0 N–H and O–H groups in total. The number of hydrogen-bond donors (Lipinski definition) is 0. The zero-order valence-electron chi connectivity index (χ0n) is 27.2. The van der Waals surface area contributed by atoms with E-state index >= 15 is 0 Å². The van der Waals surface area contributed by atoms with Gasteiger partial charge >= 0.3 is 0 Å². The molecule has 0 saturated heterocycles. The summed E-state index contributed by atoms with van der Waals surface area (Å²) in [5.41, 5.74) is 1.24. The van der Waals surface area contributed by atoms with Crippen LogP contribution in [0.2, 0.25) is 0 Å². The third-order valence-corrected chi connectivity index (χ3v) is 6.03. The van der Waals surface area contributed by atoms with Crippen LogP contribution in [0.1, 0.15) is 48.6 Å². The summed E-state index contributed by atoms with van der Waals surface area (Å²) in [6.07, 6.45) is -0.753. The maximum Gasteiger partial charge on any atom is 0.161 e. The summed E-state index contributed by atoms with van der Waals surface area (Å²) in [6.45, 7) is 0.186. The summed E-state index contributed by atoms with van der Waals surface area (Å²) in [7, 11) is 0. The van der Waals surface area contributed by atoms with Gasteiger partial charge in [0.25, 0.3) is 0 Å². The van der Waals surface area contributed by atoms with Gasteiger partial charge in [0.05, 0.1) is 5.69 Å². The van der Waals surface area contributed by atoms with E-state index in [0.717, 1.165) is 21.5 Å². The van der Waals surface area contributed by atoms with Crippen LogP contribution < -0.4 is 0 Å². The van der Waals surface area contributed by atoms with Gasteiger partial charge in [-0.15, -0.1) is 0 Å². The average molecular weight is 453 g/mol. The number of aromatic nitrogens is 2. The van der Waals surface area contributed by atoms with Gasteiger partial charge in [0.1, 0.15) is 11.1 Å². The van der Waals surface area contributed by atoms with Crippen LogP contribution in [0.5, 0.6) is 0 Å². The van der Waals surface area contributed by atoms with E-state index in [1.54, 1.807) is 39.0 Å². The highest BCUT2D eigenvalue weighted by atomic mass is 16.3. The molecule has 0 spiro atoms. The van der Waals surface area contributed by atoms with Crippen molar-refractivity contribution in [2.24, 2.45) is 5.41 Å². The molecule has 0 fully saturated rings. The number of para-hydroxylation sites is 1. The molecule has 6 aromatic rings. The largest absolute Gasteiger partial charge is 0.453 e. The molecule has 0 bridgehead atoms. The zero-order valence-corrected chi connectivity index (χ0v) is 19.2. The number of aryl methyl sites for hydroxylation is 2. The lowest BCUT2D eigenvalue weighted by molar-refractivity contribution is 0.410. The fourth-order valence-corrected chi connectivity index (χ4v) is 4.58. The number of rotatable bonds is 2. The molecule has 0 aliphatic carbocycles. The highest BCUT2D eigenvalue weighted by Crippen LogP contribution is 2.40. The number of hydrogen-bond acceptors (Lipinski definition) is 3. The summed E-state index contributed by atoms with van der Waals surface area (Å²) in [4.78, 5) is 9.09. The van der Waals surface area contributed by atoms with Crippen molar-refractivity contribution in [2.75, 3.05) is 0 Å². The van der Waals surface area contributed by atoms with Crippen LogP contribution in [0, 0.1) is 19.1 Å². The summed E-state index contributed by atoms with van der Waals surface area (Å²) >= 11 is 0. The lowest BCUT2D eigenvalue weighted by Gasteiger charge is -2.20. The Hall–Kier alpha value is -3.72. The van der Waals surface area contributed by atoms with Crippen LogP contribution in [-0.2, 0) is 6.37 Å². The van der Waals surface area contributed by atoms with Gasteiger partial charge in [-0.1, -0.05) is 63.2 Å². The Labute approximate surface area is 210 Å². The first-order chi connectivity index (χ1) is 19.5. The van der Waals surface area contributed by atoms with Gasteiger partial charge in [-0.2, -0.15) is 0 Å². The summed E-state index contributed by atoms with van der Waals surface area (Å²) in [5.74, 6) is 0. The third-order valence-electron chi connectivity index (χ3n) is 6.03. The topological polar surface area (TPSA) is 38.9 Å². The number of benzene rings is 3. The van der Waals surface area contributed by atoms with E-state index < -0.39 is 25.5 Å². The minimum absolute atomic E-state index is 0.00486. The van der Waals surface area contributed by atoms with Gasteiger partial charge in [-0.25, -0.2) is 4.98 Å². The Balaban J connectivity index is 1.67. The molecule has 3 aromatic heterocycles. The molecule has 3 heterocycles. The first kappa shape index (κ1) is 13.9. The molecule has 0 radical (unpaired) electrons. The maximum atomic E-state index is 8.89. The van der Waals surface area contributed by atoms with Gasteiger partial charge in [0.2, 0.25) is 0 Å². The second-order valence-electron chi connectivity index (χ2n) is 9.62. The first-order valence-electron chi connectivity index (χ1n) is 15.2. The Morgan fingerprint density at radius 2 is 1.62 bits per heavy atom. The van der Waals surface area contributed by atoms with Crippen LogP contribution in [0.15, 0.2) is 71.3 Å². The third kappa shape index (κ3) is 3.27. The molecular weight excluding hydrogens is 416 g/mol. The SMILES string of the molecule is [2H]C([2H])([2H])c1cnc(-c2cccc3c2oc2c3ccc3c4ccccc4c(C([2H])([2H])[2H])nc32)cc1C([2H])([2H])C(C)(C)C. The summed E-state index contributed by atoms with van der Waals surface area (Å²) < 4.78 is 72.7. The monoisotopic (exact) mass is 452 g/mol. The van der Waals surface area contributed by atoms with Crippen molar-refractivity contribution < 1.29 is 15.4 Å². The molecule has 0 amide bonds. The second-order valence-corrected chi connectivity index (χ2v) is 9.62. The van der Waals surface area contributed by atoms with Crippen LogP contribution in [0.4, 0.5) is 0 Å². The molecule has 3 heteroatoms. The molecule has 3 nitrogen and oxygen atoms in total. The van der Waals surface area contributed by atoms with Crippen LogP contribution >= 0.6 is 0 Å². The van der Waals surface area contributed by atoms with Crippen molar-refractivity contribution in [1.82, 2.24) is 9.97 Å². The Morgan fingerprint density at radius 3 is 2.41 bits per heavy atom. The Morgan fingerprint density at radius 1 is 0.853 bits per heavy atom. The average Bonchev–Trinajstić information content (AvgIpc) is 3.30. The van der Waals surface area contributed by atoms with E-state index in [-0.39, 0.29) is 16.8 Å². The molecule has 0 aliphatic heterocycles. The van der Waals surface area contributed by atoms with E-state index in [2.05, 4.69) is 9.97 Å². The van der Waals surface area contributed by atoms with Crippen molar-refractivity contribution >= 4 is 43.6 Å². The van der Waals surface area contributed by atoms with E-state index in [1.165, 1.54) is 12.3 Å². The van der Waals surface area contributed by atoms with E-state index in [0.29, 0.717) is 33.3 Å². The van der Waals surface area contributed by atoms with Crippen LogP contribution in [0.25, 0.3) is 54.9 Å². The maximum absolute atomic E-state index is 8.89. The fraction of sp³-hybridized carbons (Fsp3) is 0.226. The molecular formula is C31H28N2O. The van der Waals surface area contributed by atoms with Crippen molar-refractivity contribution in [3.8, 4) is 11.3 Å². The quantitative estimate of drug-likeness (QED) is 0.247. The molecule has 6 rings (SSSR count). The number of pyridine rings is 2. The van der Waals surface area contributed by atoms with Gasteiger partial charge in [-0.3, -0.25) is 4.98 Å². The molecule has 3 aromatic carbocycles. The predicted molar refractivity (Wildman–Crippen MR) is 142 cm³/mol. The van der Waals surface area contributed by atoms with Crippen molar-refractivity contribution in [3.05, 3.63) is 83.7 Å². The lowest BCUT2D eigenvalue weighted by Crippen LogP contribution is -2.10. The minimum atomic E-state index is -2.56. The number of fused-ring (bicyclic) bond motifs is 7. The minimum Gasteiger partial charge on any atom is -0.453 e. The Kier molecular flexibility index (Phi) is 3.01. The molecule has 0 aliphatic rings. The molecule has 34 heavy (non-hydrogen) atoms. The second kappa shape index (κ2) is 7.39. The fourth-order valence-electron chi connectivity index (χ4n) is 4.58.